The number of benzene rings is 1. The van der Waals surface area contributed by atoms with Gasteiger partial charge >= 0.3 is 0 Å². The highest BCUT2D eigenvalue weighted by molar-refractivity contribution is 5.38. The molecule has 0 bridgehead atoms. The number of phenols is 1. The van der Waals surface area contributed by atoms with Gasteiger partial charge in [-0.15, -0.1) is 0 Å². The Morgan fingerprint density at radius 1 is 1.35 bits per heavy atom. The van der Waals surface area contributed by atoms with Crippen LogP contribution < -0.4 is 5.32 Å². The van der Waals surface area contributed by atoms with E-state index in [0.29, 0.717) is 17.7 Å². The number of rotatable bonds is 3. The first-order valence-electron chi connectivity index (χ1n) is 6.72. The molecular weight excluding hydrogens is 210 g/mol. The van der Waals surface area contributed by atoms with Crippen LogP contribution in [-0.2, 0) is 6.42 Å². The highest BCUT2D eigenvalue weighted by Gasteiger charge is 2.15. The topological polar surface area (TPSA) is 32.3 Å². The van der Waals surface area contributed by atoms with Crippen LogP contribution in [0.5, 0.6) is 5.75 Å². The van der Waals surface area contributed by atoms with Gasteiger partial charge in [0.1, 0.15) is 5.75 Å². The van der Waals surface area contributed by atoms with Crippen LogP contribution in [0.25, 0.3) is 0 Å². The smallest absolute Gasteiger partial charge is 0.119 e. The summed E-state index contributed by atoms with van der Waals surface area (Å²) in [5, 5.41) is 13.6. The van der Waals surface area contributed by atoms with Crippen LogP contribution >= 0.6 is 0 Å². The fourth-order valence-corrected chi connectivity index (χ4v) is 2.48. The standard InChI is InChI=1S/C15H23NO/c1-11(2)12-6-7-13(15(17)10-12)9-14-5-3-4-8-16-14/h6-7,10-11,14,16-17H,3-5,8-9H2,1-2H3. The van der Waals surface area contributed by atoms with Gasteiger partial charge in [-0.2, -0.15) is 0 Å². The first-order chi connectivity index (χ1) is 8.16. The Bertz CT molecular complexity index is 367. The molecule has 1 aromatic rings. The van der Waals surface area contributed by atoms with E-state index in [4.69, 9.17) is 0 Å². The summed E-state index contributed by atoms with van der Waals surface area (Å²) in [5.41, 5.74) is 2.29. The van der Waals surface area contributed by atoms with Crippen molar-refractivity contribution in [2.75, 3.05) is 6.54 Å². The largest absolute Gasteiger partial charge is 0.508 e. The van der Waals surface area contributed by atoms with E-state index in [1.165, 1.54) is 24.8 Å². The molecule has 0 spiro atoms. The van der Waals surface area contributed by atoms with Crippen molar-refractivity contribution in [1.82, 2.24) is 5.32 Å². The molecule has 1 aromatic carbocycles. The molecule has 0 radical (unpaired) electrons. The lowest BCUT2D eigenvalue weighted by molar-refractivity contribution is 0.391. The maximum Gasteiger partial charge on any atom is 0.119 e. The van der Waals surface area contributed by atoms with Gasteiger partial charge in [-0.05, 0) is 48.9 Å². The SMILES string of the molecule is CC(C)c1ccc(CC2CCCCN2)c(O)c1. The van der Waals surface area contributed by atoms with Crippen LogP contribution in [0.1, 0.15) is 50.2 Å². The fourth-order valence-electron chi connectivity index (χ4n) is 2.48. The molecule has 2 heteroatoms. The summed E-state index contributed by atoms with van der Waals surface area (Å²) in [7, 11) is 0. The summed E-state index contributed by atoms with van der Waals surface area (Å²) < 4.78 is 0. The second-order valence-electron chi connectivity index (χ2n) is 5.39. The molecule has 1 aliphatic rings. The van der Waals surface area contributed by atoms with Gasteiger partial charge in [-0.3, -0.25) is 0 Å². The van der Waals surface area contributed by atoms with Gasteiger partial charge in [0.2, 0.25) is 0 Å². The number of phenolic OH excluding ortho intramolecular Hbond substituents is 1. The fraction of sp³-hybridized carbons (Fsp3) is 0.600. The quantitative estimate of drug-likeness (QED) is 0.840. The molecule has 17 heavy (non-hydrogen) atoms. The van der Waals surface area contributed by atoms with Crippen molar-refractivity contribution in [1.29, 1.82) is 0 Å². The summed E-state index contributed by atoms with van der Waals surface area (Å²) in [6.07, 6.45) is 4.77. The normalized spacial score (nSPS) is 20.8. The minimum absolute atomic E-state index is 0.462. The van der Waals surface area contributed by atoms with Gasteiger partial charge in [-0.25, -0.2) is 0 Å². The van der Waals surface area contributed by atoms with E-state index in [1.54, 1.807) is 0 Å². The summed E-state index contributed by atoms with van der Waals surface area (Å²) in [6.45, 7) is 5.42. The van der Waals surface area contributed by atoms with Crippen LogP contribution in [0.2, 0.25) is 0 Å². The highest BCUT2D eigenvalue weighted by Crippen LogP contribution is 2.25. The number of piperidine rings is 1. The predicted octanol–water partition coefficient (Wildman–Crippen LogP) is 3.20. The van der Waals surface area contributed by atoms with E-state index in [1.807, 2.05) is 6.07 Å². The van der Waals surface area contributed by atoms with E-state index in [-0.39, 0.29) is 0 Å². The van der Waals surface area contributed by atoms with Gasteiger partial charge < -0.3 is 10.4 Å². The molecule has 2 N–H and O–H groups in total. The Labute approximate surface area is 104 Å². The van der Waals surface area contributed by atoms with Crippen LogP contribution in [0.15, 0.2) is 18.2 Å². The monoisotopic (exact) mass is 233 g/mol. The lowest BCUT2D eigenvalue weighted by Crippen LogP contribution is -2.35. The van der Waals surface area contributed by atoms with Crippen LogP contribution in [0.3, 0.4) is 0 Å². The maximum atomic E-state index is 10.0. The Hall–Kier alpha value is -1.02. The van der Waals surface area contributed by atoms with E-state index in [9.17, 15) is 5.11 Å². The average molecular weight is 233 g/mol. The number of hydrogen-bond donors (Lipinski definition) is 2. The molecule has 1 aliphatic heterocycles. The summed E-state index contributed by atoms with van der Waals surface area (Å²) in [6, 6.07) is 6.69. The Kier molecular flexibility index (Phi) is 4.06. The Morgan fingerprint density at radius 3 is 2.76 bits per heavy atom. The van der Waals surface area contributed by atoms with Gasteiger partial charge in [0.05, 0.1) is 0 Å². The molecule has 0 aliphatic carbocycles. The molecule has 1 unspecified atom stereocenters. The third-order valence-corrected chi connectivity index (χ3v) is 3.65. The Morgan fingerprint density at radius 2 is 2.18 bits per heavy atom. The Balaban J connectivity index is 2.05. The van der Waals surface area contributed by atoms with Crippen molar-refractivity contribution in [2.24, 2.45) is 0 Å². The van der Waals surface area contributed by atoms with Crippen LogP contribution in [-0.4, -0.2) is 17.7 Å². The minimum Gasteiger partial charge on any atom is -0.508 e. The van der Waals surface area contributed by atoms with E-state index in [2.05, 4.69) is 31.3 Å². The molecule has 0 aromatic heterocycles. The zero-order valence-corrected chi connectivity index (χ0v) is 10.9. The molecule has 2 nitrogen and oxygen atoms in total. The van der Waals surface area contributed by atoms with Crippen molar-refractivity contribution in [2.45, 2.75) is 51.5 Å². The van der Waals surface area contributed by atoms with E-state index < -0.39 is 0 Å². The average Bonchev–Trinajstić information content (AvgIpc) is 2.33. The lowest BCUT2D eigenvalue weighted by atomic mass is 9.95. The second-order valence-corrected chi connectivity index (χ2v) is 5.39. The van der Waals surface area contributed by atoms with Crippen molar-refractivity contribution in [3.05, 3.63) is 29.3 Å². The van der Waals surface area contributed by atoms with Gasteiger partial charge in [-0.1, -0.05) is 32.4 Å². The highest BCUT2D eigenvalue weighted by atomic mass is 16.3. The third-order valence-electron chi connectivity index (χ3n) is 3.65. The lowest BCUT2D eigenvalue weighted by Gasteiger charge is -2.24. The first kappa shape index (κ1) is 12.4. The van der Waals surface area contributed by atoms with Crippen molar-refractivity contribution in [3.8, 4) is 5.75 Å². The van der Waals surface area contributed by atoms with E-state index in [0.717, 1.165) is 18.5 Å². The zero-order chi connectivity index (χ0) is 12.3. The molecule has 0 amide bonds. The molecule has 1 fully saturated rings. The molecule has 2 rings (SSSR count). The summed E-state index contributed by atoms with van der Waals surface area (Å²) in [4.78, 5) is 0. The number of hydrogen-bond acceptors (Lipinski definition) is 2. The van der Waals surface area contributed by atoms with Gasteiger partial charge in [0.15, 0.2) is 0 Å². The molecular formula is C15H23NO. The number of aromatic hydroxyl groups is 1. The predicted molar refractivity (Wildman–Crippen MR) is 71.5 cm³/mol. The second kappa shape index (κ2) is 5.54. The first-order valence-corrected chi connectivity index (χ1v) is 6.72. The van der Waals surface area contributed by atoms with Crippen LogP contribution in [0.4, 0.5) is 0 Å². The van der Waals surface area contributed by atoms with Gasteiger partial charge in [0.25, 0.3) is 0 Å². The summed E-state index contributed by atoms with van der Waals surface area (Å²) in [5.74, 6) is 0.936. The molecule has 1 atom stereocenters. The van der Waals surface area contributed by atoms with E-state index >= 15 is 0 Å². The molecule has 0 saturated carbocycles. The molecule has 94 valence electrons. The van der Waals surface area contributed by atoms with Crippen molar-refractivity contribution >= 4 is 0 Å². The molecule has 1 saturated heterocycles. The number of nitrogens with one attached hydrogen (secondary N) is 1. The minimum atomic E-state index is 0.462. The molecule has 1 heterocycles. The van der Waals surface area contributed by atoms with Crippen molar-refractivity contribution in [3.63, 3.8) is 0 Å². The zero-order valence-electron chi connectivity index (χ0n) is 10.9. The summed E-state index contributed by atoms with van der Waals surface area (Å²) >= 11 is 0. The third kappa shape index (κ3) is 3.22. The van der Waals surface area contributed by atoms with Gasteiger partial charge in [0, 0.05) is 6.04 Å². The maximum absolute atomic E-state index is 10.0. The van der Waals surface area contributed by atoms with Crippen molar-refractivity contribution < 1.29 is 5.11 Å². The van der Waals surface area contributed by atoms with Crippen LogP contribution in [0, 0.1) is 0 Å².